The van der Waals surface area contributed by atoms with Gasteiger partial charge in [0.15, 0.2) is 0 Å². The summed E-state index contributed by atoms with van der Waals surface area (Å²) in [6, 6.07) is 0.639. The summed E-state index contributed by atoms with van der Waals surface area (Å²) in [5.41, 5.74) is 1.67. The summed E-state index contributed by atoms with van der Waals surface area (Å²) in [6.07, 6.45) is 12.8. The van der Waals surface area contributed by atoms with Crippen molar-refractivity contribution in [3.63, 3.8) is 0 Å². The fourth-order valence-electron chi connectivity index (χ4n) is 2.11. The average Bonchev–Trinajstić information content (AvgIpc) is 2.48. The van der Waals surface area contributed by atoms with E-state index >= 15 is 0 Å². The molecule has 1 aliphatic rings. The number of hydrogen-bond acceptors (Lipinski definition) is 2. The molecule has 0 fully saturated rings. The van der Waals surface area contributed by atoms with Crippen LogP contribution < -0.4 is 5.32 Å². The highest BCUT2D eigenvalue weighted by molar-refractivity contribution is 7.98. The molecule has 0 heterocycles. The van der Waals surface area contributed by atoms with E-state index in [1.54, 1.807) is 5.57 Å². The minimum atomic E-state index is 0.639. The van der Waals surface area contributed by atoms with Gasteiger partial charge in [-0.2, -0.15) is 11.8 Å². The van der Waals surface area contributed by atoms with Gasteiger partial charge in [-0.25, -0.2) is 0 Å². The van der Waals surface area contributed by atoms with E-state index in [-0.39, 0.29) is 0 Å². The predicted octanol–water partition coefficient (Wildman–Crippen LogP) is 3.22. The standard InChI is InChI=1S/C12H23NS/c1-13-12(9-10-14-2)11-7-5-3-4-6-8-11/h7,12-13H,3-6,8-10H2,1-2H3. The number of thioether (sulfide) groups is 1. The minimum absolute atomic E-state index is 0.639. The monoisotopic (exact) mass is 213 g/mol. The minimum Gasteiger partial charge on any atom is -0.313 e. The number of allylic oxidation sites excluding steroid dienone is 1. The quantitative estimate of drug-likeness (QED) is 0.704. The number of rotatable bonds is 5. The van der Waals surface area contributed by atoms with Crippen LogP contribution in [-0.4, -0.2) is 25.1 Å². The SMILES string of the molecule is CNC(CCSC)C1=CCCCCC1. The van der Waals surface area contributed by atoms with Crippen molar-refractivity contribution in [1.82, 2.24) is 5.32 Å². The topological polar surface area (TPSA) is 12.0 Å². The van der Waals surface area contributed by atoms with Crippen LogP contribution in [0, 0.1) is 0 Å². The highest BCUT2D eigenvalue weighted by Crippen LogP contribution is 2.21. The molecule has 0 aromatic carbocycles. The molecule has 82 valence electrons. The second-order valence-electron chi connectivity index (χ2n) is 4.00. The Hall–Kier alpha value is 0.0500. The Morgan fingerprint density at radius 3 is 3.00 bits per heavy atom. The largest absolute Gasteiger partial charge is 0.313 e. The highest BCUT2D eigenvalue weighted by Gasteiger charge is 2.12. The molecule has 14 heavy (non-hydrogen) atoms. The fourth-order valence-corrected chi connectivity index (χ4v) is 2.58. The molecule has 1 N–H and O–H groups in total. The summed E-state index contributed by atoms with van der Waals surface area (Å²) < 4.78 is 0. The van der Waals surface area contributed by atoms with Gasteiger partial charge in [-0.05, 0) is 51.2 Å². The first-order valence-electron chi connectivity index (χ1n) is 5.73. The number of nitrogens with one attached hydrogen (secondary N) is 1. The molecule has 0 saturated carbocycles. The Labute approximate surface area is 92.7 Å². The van der Waals surface area contributed by atoms with Crippen LogP contribution in [-0.2, 0) is 0 Å². The normalized spacial score (nSPS) is 20.0. The smallest absolute Gasteiger partial charge is 0.0284 e. The summed E-state index contributed by atoms with van der Waals surface area (Å²) >= 11 is 1.95. The first-order valence-corrected chi connectivity index (χ1v) is 7.13. The van der Waals surface area contributed by atoms with Crippen molar-refractivity contribution in [1.29, 1.82) is 0 Å². The van der Waals surface area contributed by atoms with Gasteiger partial charge in [0, 0.05) is 6.04 Å². The number of likely N-dealkylation sites (N-methyl/N-ethyl adjacent to an activating group) is 1. The maximum atomic E-state index is 3.45. The molecule has 1 rings (SSSR count). The van der Waals surface area contributed by atoms with Crippen LogP contribution in [0.5, 0.6) is 0 Å². The molecule has 0 bridgehead atoms. The highest BCUT2D eigenvalue weighted by atomic mass is 32.2. The zero-order valence-electron chi connectivity index (χ0n) is 9.51. The zero-order valence-corrected chi connectivity index (χ0v) is 10.3. The molecule has 1 unspecified atom stereocenters. The van der Waals surface area contributed by atoms with Crippen molar-refractivity contribution in [2.45, 2.75) is 44.6 Å². The van der Waals surface area contributed by atoms with Gasteiger partial charge < -0.3 is 5.32 Å². The lowest BCUT2D eigenvalue weighted by Gasteiger charge is -2.19. The lowest BCUT2D eigenvalue weighted by molar-refractivity contribution is 0.589. The summed E-state index contributed by atoms with van der Waals surface area (Å²) in [5, 5.41) is 3.45. The van der Waals surface area contributed by atoms with Crippen molar-refractivity contribution in [3.05, 3.63) is 11.6 Å². The molecule has 0 radical (unpaired) electrons. The van der Waals surface area contributed by atoms with E-state index < -0.39 is 0 Å². The Bertz CT molecular complexity index is 177. The van der Waals surface area contributed by atoms with Crippen LogP contribution in [0.25, 0.3) is 0 Å². The van der Waals surface area contributed by atoms with Gasteiger partial charge in [-0.3, -0.25) is 0 Å². The predicted molar refractivity (Wildman–Crippen MR) is 67.0 cm³/mol. The van der Waals surface area contributed by atoms with Crippen molar-refractivity contribution in [3.8, 4) is 0 Å². The zero-order chi connectivity index (χ0) is 10.2. The van der Waals surface area contributed by atoms with Crippen LogP contribution in [0.1, 0.15) is 38.5 Å². The molecule has 0 spiro atoms. The van der Waals surface area contributed by atoms with Gasteiger partial charge in [0.2, 0.25) is 0 Å². The first-order chi connectivity index (χ1) is 6.88. The van der Waals surface area contributed by atoms with Crippen molar-refractivity contribution in [2.75, 3.05) is 19.1 Å². The molecule has 1 nitrogen and oxygen atoms in total. The van der Waals surface area contributed by atoms with Gasteiger partial charge in [-0.15, -0.1) is 0 Å². The van der Waals surface area contributed by atoms with E-state index in [0.29, 0.717) is 6.04 Å². The molecular weight excluding hydrogens is 190 g/mol. The maximum Gasteiger partial charge on any atom is 0.0284 e. The lowest BCUT2D eigenvalue weighted by atomic mass is 10.0. The van der Waals surface area contributed by atoms with E-state index in [0.717, 1.165) is 0 Å². The summed E-state index contributed by atoms with van der Waals surface area (Å²) in [5.74, 6) is 1.27. The van der Waals surface area contributed by atoms with Crippen LogP contribution in [0.4, 0.5) is 0 Å². The van der Waals surface area contributed by atoms with Crippen molar-refractivity contribution in [2.24, 2.45) is 0 Å². The summed E-state index contributed by atoms with van der Waals surface area (Å²) in [7, 11) is 2.09. The lowest BCUT2D eigenvalue weighted by Crippen LogP contribution is -2.28. The van der Waals surface area contributed by atoms with Gasteiger partial charge in [0.1, 0.15) is 0 Å². The third kappa shape index (κ3) is 4.05. The van der Waals surface area contributed by atoms with Crippen LogP contribution in [0.15, 0.2) is 11.6 Å². The van der Waals surface area contributed by atoms with Crippen LogP contribution in [0.3, 0.4) is 0 Å². The molecule has 1 atom stereocenters. The Morgan fingerprint density at radius 2 is 2.29 bits per heavy atom. The van der Waals surface area contributed by atoms with E-state index in [1.165, 1.54) is 44.3 Å². The van der Waals surface area contributed by atoms with Gasteiger partial charge in [-0.1, -0.05) is 18.1 Å². The molecular formula is C12H23NS. The molecule has 0 aromatic heterocycles. The Morgan fingerprint density at radius 1 is 1.43 bits per heavy atom. The van der Waals surface area contributed by atoms with E-state index in [1.807, 2.05) is 11.8 Å². The molecule has 0 saturated heterocycles. The van der Waals surface area contributed by atoms with Gasteiger partial charge in [0.05, 0.1) is 0 Å². The molecule has 0 amide bonds. The second-order valence-corrected chi connectivity index (χ2v) is 4.99. The molecule has 2 heteroatoms. The maximum absolute atomic E-state index is 3.45. The van der Waals surface area contributed by atoms with Gasteiger partial charge >= 0.3 is 0 Å². The first kappa shape index (κ1) is 12.1. The van der Waals surface area contributed by atoms with Crippen molar-refractivity contribution < 1.29 is 0 Å². The molecule has 0 aromatic rings. The Balaban J connectivity index is 2.44. The van der Waals surface area contributed by atoms with Crippen molar-refractivity contribution >= 4 is 11.8 Å². The van der Waals surface area contributed by atoms with Crippen LogP contribution in [0.2, 0.25) is 0 Å². The fraction of sp³-hybridized carbons (Fsp3) is 0.833. The van der Waals surface area contributed by atoms with E-state index in [4.69, 9.17) is 0 Å². The van der Waals surface area contributed by atoms with E-state index in [2.05, 4.69) is 24.7 Å². The third-order valence-electron chi connectivity index (χ3n) is 2.98. The van der Waals surface area contributed by atoms with Crippen LogP contribution >= 0.6 is 11.8 Å². The molecule has 0 aliphatic heterocycles. The average molecular weight is 213 g/mol. The Kier molecular flexibility index (Phi) is 6.37. The number of hydrogen-bond donors (Lipinski definition) is 1. The van der Waals surface area contributed by atoms with Gasteiger partial charge in [0.25, 0.3) is 0 Å². The third-order valence-corrected chi connectivity index (χ3v) is 3.63. The summed E-state index contributed by atoms with van der Waals surface area (Å²) in [4.78, 5) is 0. The molecule has 1 aliphatic carbocycles. The second kappa shape index (κ2) is 7.36. The van der Waals surface area contributed by atoms with E-state index in [9.17, 15) is 0 Å². The summed E-state index contributed by atoms with van der Waals surface area (Å²) in [6.45, 7) is 0.